The van der Waals surface area contributed by atoms with E-state index >= 15 is 0 Å². The highest BCUT2D eigenvalue weighted by molar-refractivity contribution is 6.36. The van der Waals surface area contributed by atoms with Crippen molar-refractivity contribution in [3.8, 4) is 0 Å². The van der Waals surface area contributed by atoms with E-state index in [0.29, 0.717) is 65.3 Å². The molecule has 1 unspecified atom stereocenters. The zero-order chi connectivity index (χ0) is 46.6. The number of nitrogens with zero attached hydrogens (tertiary/aromatic N) is 5. The summed E-state index contributed by atoms with van der Waals surface area (Å²) < 4.78 is 62.0. The van der Waals surface area contributed by atoms with Crippen LogP contribution in [0.2, 0.25) is 5.02 Å². The van der Waals surface area contributed by atoms with Crippen molar-refractivity contribution in [3.63, 3.8) is 0 Å². The average Bonchev–Trinajstić information content (AvgIpc) is 3.30. The number of aromatic nitrogens is 3. The minimum atomic E-state index is -4.93. The average molecular weight is 934 g/mol. The minimum Gasteiger partial charge on any atom is -0.388 e. The second kappa shape index (κ2) is 20.2. The van der Waals surface area contributed by atoms with Crippen LogP contribution in [-0.2, 0) is 46.3 Å². The lowest BCUT2D eigenvalue weighted by Gasteiger charge is -2.39. The molecule has 66 heavy (non-hydrogen) atoms. The van der Waals surface area contributed by atoms with E-state index in [4.69, 9.17) is 21.3 Å². The van der Waals surface area contributed by atoms with E-state index in [2.05, 4.69) is 20.5 Å². The van der Waals surface area contributed by atoms with Gasteiger partial charge in [0, 0.05) is 73.9 Å². The van der Waals surface area contributed by atoms with Crippen LogP contribution < -0.4 is 16.2 Å². The molecule has 2 aromatic heterocycles. The molecule has 2 saturated heterocycles. The molecule has 1 aliphatic carbocycles. The summed E-state index contributed by atoms with van der Waals surface area (Å²) in [6, 6.07) is 12.7. The number of aliphatic hydroxyl groups is 1. The van der Waals surface area contributed by atoms with Gasteiger partial charge in [-0.1, -0.05) is 23.7 Å². The molecule has 2 aliphatic heterocycles. The van der Waals surface area contributed by atoms with Crippen LogP contribution in [0.3, 0.4) is 0 Å². The number of ether oxygens (including phenoxy) is 1. The number of piperidine rings is 1. The highest BCUT2D eigenvalue weighted by Crippen LogP contribution is 2.35. The van der Waals surface area contributed by atoms with E-state index in [-0.39, 0.29) is 80.7 Å². The number of nitrogens with one attached hydrogen (secondary N) is 2. The summed E-state index contributed by atoms with van der Waals surface area (Å²) in [5, 5.41) is 19.2. The van der Waals surface area contributed by atoms with Crippen molar-refractivity contribution in [1.82, 2.24) is 29.7 Å². The van der Waals surface area contributed by atoms with Crippen molar-refractivity contribution >= 4 is 56.8 Å². The first-order valence-corrected chi connectivity index (χ1v) is 22.9. The summed E-state index contributed by atoms with van der Waals surface area (Å²) in [5.41, 5.74) is 0.816. The van der Waals surface area contributed by atoms with Crippen molar-refractivity contribution in [2.45, 2.75) is 82.5 Å². The number of amides is 3. The summed E-state index contributed by atoms with van der Waals surface area (Å²) in [7, 11) is 0. The van der Waals surface area contributed by atoms with Gasteiger partial charge in [-0.3, -0.25) is 33.6 Å². The topological polar surface area (TPSA) is 159 Å². The molecule has 3 amide bonds. The van der Waals surface area contributed by atoms with Gasteiger partial charge in [0.1, 0.15) is 5.82 Å². The third-order valence-corrected chi connectivity index (χ3v) is 13.4. The van der Waals surface area contributed by atoms with E-state index in [1.807, 2.05) is 0 Å². The van der Waals surface area contributed by atoms with Crippen LogP contribution in [0, 0.1) is 11.7 Å². The summed E-state index contributed by atoms with van der Waals surface area (Å²) in [5.74, 6) is -3.12. The van der Waals surface area contributed by atoms with E-state index in [1.165, 1.54) is 17.0 Å². The molecule has 2 fully saturated rings. The molecule has 3 aromatic carbocycles. The Bertz CT molecular complexity index is 2680. The normalized spacial score (nSPS) is 17.1. The Labute approximate surface area is 383 Å². The first kappa shape index (κ1) is 47.0. The van der Waals surface area contributed by atoms with Gasteiger partial charge in [-0.15, -0.1) is 0 Å². The highest BCUT2D eigenvalue weighted by atomic mass is 35.5. The van der Waals surface area contributed by atoms with E-state index < -0.39 is 29.1 Å². The summed E-state index contributed by atoms with van der Waals surface area (Å²) in [6.45, 7) is 3.71. The van der Waals surface area contributed by atoms with Crippen LogP contribution in [0.5, 0.6) is 0 Å². The van der Waals surface area contributed by atoms with Gasteiger partial charge >= 0.3 is 6.18 Å². The van der Waals surface area contributed by atoms with Crippen LogP contribution in [0.15, 0.2) is 65.7 Å². The van der Waals surface area contributed by atoms with Gasteiger partial charge in [0.2, 0.25) is 11.8 Å². The van der Waals surface area contributed by atoms with Crippen molar-refractivity contribution in [2.75, 3.05) is 57.8 Å². The molecule has 8 rings (SSSR count). The van der Waals surface area contributed by atoms with E-state index in [0.717, 1.165) is 67.5 Å². The summed E-state index contributed by atoms with van der Waals surface area (Å²) in [6.07, 6.45) is 1.05. The number of benzene rings is 3. The highest BCUT2D eigenvalue weighted by Gasteiger charge is 2.38. The fourth-order valence-corrected chi connectivity index (χ4v) is 9.57. The Morgan fingerprint density at radius 3 is 2.47 bits per heavy atom. The minimum absolute atomic E-state index is 0.0989. The number of rotatable bonds is 14. The SMILES string of the molecule is O=C(CCN1CCOCC1)Nc1ccc2c(=O)n(CC3(O)CCN(C(=O)C(CCCNC(=O)c4ccc5c(Cl)c6c(nc5c4)CCCC6)Cc4ccc(F)c(C(F)(F)F)c4)CC3)cnc2c1. The molecule has 18 heteroatoms. The van der Waals surface area contributed by atoms with Gasteiger partial charge < -0.3 is 25.4 Å². The smallest absolute Gasteiger partial charge is 0.388 e. The number of halogens is 5. The summed E-state index contributed by atoms with van der Waals surface area (Å²) in [4.78, 5) is 66.6. The number of pyridine rings is 1. The Morgan fingerprint density at radius 1 is 0.939 bits per heavy atom. The fraction of sp³-hybridized carbons (Fsp3) is 0.458. The molecule has 5 aromatic rings. The Morgan fingerprint density at radius 2 is 1.70 bits per heavy atom. The molecule has 1 atom stereocenters. The number of hydrogen-bond donors (Lipinski definition) is 3. The van der Waals surface area contributed by atoms with Gasteiger partial charge in [-0.05, 0) is 111 Å². The maximum absolute atomic E-state index is 14.2. The van der Waals surface area contributed by atoms with Crippen LogP contribution in [0.1, 0.15) is 77.7 Å². The predicted molar refractivity (Wildman–Crippen MR) is 241 cm³/mol. The number of likely N-dealkylation sites (tertiary alicyclic amines) is 1. The largest absolute Gasteiger partial charge is 0.419 e. The van der Waals surface area contributed by atoms with Crippen molar-refractivity contribution < 1.29 is 41.8 Å². The van der Waals surface area contributed by atoms with Crippen molar-refractivity contribution in [1.29, 1.82) is 0 Å². The molecular formula is C48H52ClF4N7O6. The molecule has 350 valence electrons. The second-order valence-electron chi connectivity index (χ2n) is 17.6. The number of anilines is 1. The molecule has 3 aliphatic rings. The first-order valence-electron chi connectivity index (χ1n) is 22.5. The first-order chi connectivity index (χ1) is 31.6. The number of aryl methyl sites for hydroxylation is 1. The molecule has 3 N–H and O–H groups in total. The van der Waals surface area contributed by atoms with Crippen LogP contribution in [0.25, 0.3) is 21.8 Å². The Kier molecular flexibility index (Phi) is 14.4. The van der Waals surface area contributed by atoms with E-state index in [9.17, 15) is 41.8 Å². The maximum Gasteiger partial charge on any atom is 0.419 e. The van der Waals surface area contributed by atoms with Crippen LogP contribution in [0.4, 0.5) is 23.2 Å². The van der Waals surface area contributed by atoms with Crippen LogP contribution in [-0.4, -0.2) is 105 Å². The number of fused-ring (bicyclic) bond motifs is 3. The molecule has 13 nitrogen and oxygen atoms in total. The van der Waals surface area contributed by atoms with Gasteiger partial charge in [0.15, 0.2) is 0 Å². The standard InChI is InChI=1S/C48H52ClF4N7O6/c49-43-34-5-1-2-6-39(34)57-41-26-31(8-10-35(41)43)44(62)54-16-3-4-32(24-30-7-12-38(50)37(25-30)48(51,52)53)45(63)59-18-14-47(65,15-19-59)28-60-29-55-40-27-33(9-11-36(40)46(60)64)56-42(61)13-17-58-20-22-66-23-21-58/h7-12,25-27,29,32,65H,1-6,13-24,28H2,(H,54,62)(H,56,61). The molecule has 0 bridgehead atoms. The van der Waals surface area contributed by atoms with Crippen LogP contribution >= 0.6 is 11.6 Å². The Balaban J connectivity index is 0.893. The number of carbonyl (C=O) groups excluding carboxylic acids is 3. The molecule has 0 spiro atoms. The lowest BCUT2D eigenvalue weighted by atomic mass is 9.88. The molecule has 0 radical (unpaired) electrons. The lowest BCUT2D eigenvalue weighted by Crippen LogP contribution is -2.51. The monoisotopic (exact) mass is 933 g/mol. The maximum atomic E-state index is 14.2. The molecular weight excluding hydrogens is 882 g/mol. The van der Waals surface area contributed by atoms with Gasteiger partial charge in [-0.2, -0.15) is 13.2 Å². The third kappa shape index (κ3) is 11.0. The third-order valence-electron chi connectivity index (χ3n) is 13.0. The van der Waals surface area contributed by atoms with E-state index in [1.54, 1.807) is 41.3 Å². The van der Waals surface area contributed by atoms with Crippen molar-refractivity contribution in [2.24, 2.45) is 5.92 Å². The predicted octanol–water partition coefficient (Wildman–Crippen LogP) is 6.72. The number of carbonyl (C=O) groups is 3. The lowest BCUT2D eigenvalue weighted by molar-refractivity contribution is -0.140. The number of alkyl halides is 3. The molecule has 0 saturated carbocycles. The zero-order valence-corrected chi connectivity index (χ0v) is 37.2. The fourth-order valence-electron chi connectivity index (χ4n) is 9.21. The van der Waals surface area contributed by atoms with Gasteiger partial charge in [0.25, 0.3) is 11.5 Å². The quantitative estimate of drug-likeness (QED) is 0.0813. The zero-order valence-electron chi connectivity index (χ0n) is 36.4. The van der Waals surface area contributed by atoms with Gasteiger partial charge in [0.05, 0.1) is 58.7 Å². The van der Waals surface area contributed by atoms with Crippen molar-refractivity contribution in [3.05, 3.63) is 110 Å². The molecule has 4 heterocycles. The second-order valence-corrected chi connectivity index (χ2v) is 18.0. The number of hydrogen-bond acceptors (Lipinski definition) is 9. The number of morpholine rings is 1. The summed E-state index contributed by atoms with van der Waals surface area (Å²) >= 11 is 6.72. The Hall–Kier alpha value is -5.49. The van der Waals surface area contributed by atoms with Gasteiger partial charge in [-0.25, -0.2) is 9.37 Å².